The van der Waals surface area contributed by atoms with Gasteiger partial charge in [-0.2, -0.15) is 0 Å². The Morgan fingerprint density at radius 3 is 2.78 bits per heavy atom. The maximum Gasteiger partial charge on any atom is 0.251 e. The first-order valence-corrected chi connectivity index (χ1v) is 7.94. The largest absolute Gasteiger partial charge is 0.361 e. The molecule has 0 aliphatic heterocycles. The van der Waals surface area contributed by atoms with Crippen LogP contribution in [0.3, 0.4) is 0 Å². The summed E-state index contributed by atoms with van der Waals surface area (Å²) in [7, 11) is 0. The number of hydrogen-bond acceptors (Lipinski definition) is 3. The normalized spacial score (nSPS) is 13.7. The summed E-state index contributed by atoms with van der Waals surface area (Å²) in [5.41, 5.74) is 4.34. The van der Waals surface area contributed by atoms with Crippen LogP contribution in [0, 0.1) is 13.8 Å². The minimum atomic E-state index is -0.541. The number of hydrogen-bond donors (Lipinski definition) is 1. The lowest BCUT2D eigenvalue weighted by atomic mass is 9.91. The lowest BCUT2D eigenvalue weighted by Gasteiger charge is -2.26. The fraction of sp³-hybridized carbons (Fsp3) is 0.368. The molecule has 0 spiro atoms. The topological polar surface area (TPSA) is 55.1 Å². The molecule has 120 valence electrons. The highest BCUT2D eigenvalue weighted by atomic mass is 16.5. The third-order valence-corrected chi connectivity index (χ3v) is 4.37. The van der Waals surface area contributed by atoms with Gasteiger partial charge >= 0.3 is 0 Å². The molecule has 3 rings (SSSR count). The zero-order valence-electron chi connectivity index (χ0n) is 14.1. The molecule has 0 unspecified atom stereocenters. The Morgan fingerprint density at radius 1 is 1.30 bits per heavy atom. The van der Waals surface area contributed by atoms with E-state index >= 15 is 0 Å². The van der Waals surface area contributed by atoms with E-state index in [0.29, 0.717) is 5.56 Å². The first-order valence-electron chi connectivity index (χ1n) is 7.94. The molecule has 1 amide bonds. The molecule has 1 aliphatic rings. The van der Waals surface area contributed by atoms with E-state index < -0.39 is 5.54 Å². The van der Waals surface area contributed by atoms with E-state index in [4.69, 9.17) is 4.52 Å². The fourth-order valence-corrected chi connectivity index (χ4v) is 3.37. The Morgan fingerprint density at radius 2 is 2.09 bits per heavy atom. The van der Waals surface area contributed by atoms with Gasteiger partial charge in [-0.1, -0.05) is 23.4 Å². The quantitative estimate of drug-likeness (QED) is 0.935. The minimum absolute atomic E-state index is 0.0765. The van der Waals surface area contributed by atoms with Crippen molar-refractivity contribution >= 4 is 12.0 Å². The number of fused-ring (bicyclic) bond motifs is 1. The van der Waals surface area contributed by atoms with Gasteiger partial charge in [-0.05, 0) is 63.8 Å². The first-order chi connectivity index (χ1) is 10.9. The van der Waals surface area contributed by atoms with Crippen molar-refractivity contribution in [3.05, 3.63) is 58.0 Å². The zero-order valence-corrected chi connectivity index (χ0v) is 14.1. The molecule has 4 heteroatoms. The lowest BCUT2D eigenvalue weighted by molar-refractivity contribution is 0.0911. The van der Waals surface area contributed by atoms with Crippen molar-refractivity contribution in [1.29, 1.82) is 0 Å². The second kappa shape index (κ2) is 5.69. The maximum absolute atomic E-state index is 12.7. The molecule has 1 aliphatic carbocycles. The highest BCUT2D eigenvalue weighted by Gasteiger charge is 2.30. The Kier molecular flexibility index (Phi) is 3.84. The number of allylic oxidation sites excluding steroid dienone is 1. The summed E-state index contributed by atoms with van der Waals surface area (Å²) in [6, 6.07) is 5.90. The molecule has 4 nitrogen and oxygen atoms in total. The van der Waals surface area contributed by atoms with Crippen molar-refractivity contribution in [2.24, 2.45) is 0 Å². The van der Waals surface area contributed by atoms with Crippen molar-refractivity contribution in [3.63, 3.8) is 0 Å². The van der Waals surface area contributed by atoms with Gasteiger partial charge < -0.3 is 9.84 Å². The SMILES string of the molecule is Cc1noc(C)c1C(C)(C)NC(=O)c1ccc2c(c1)CCC=C2. The molecule has 0 atom stereocenters. The number of amides is 1. The highest BCUT2D eigenvalue weighted by molar-refractivity contribution is 5.95. The van der Waals surface area contributed by atoms with E-state index in [1.54, 1.807) is 0 Å². The number of aryl methyl sites for hydroxylation is 3. The summed E-state index contributed by atoms with van der Waals surface area (Å²) in [4.78, 5) is 12.7. The fourth-order valence-electron chi connectivity index (χ4n) is 3.37. The average molecular weight is 310 g/mol. The van der Waals surface area contributed by atoms with E-state index in [-0.39, 0.29) is 5.91 Å². The molecule has 0 fully saturated rings. The van der Waals surface area contributed by atoms with Gasteiger partial charge in [0.2, 0.25) is 0 Å². The smallest absolute Gasteiger partial charge is 0.251 e. The van der Waals surface area contributed by atoms with E-state index in [0.717, 1.165) is 29.9 Å². The number of rotatable bonds is 3. The Hall–Kier alpha value is -2.36. The lowest BCUT2D eigenvalue weighted by Crippen LogP contribution is -2.41. The molecule has 1 N–H and O–H groups in total. The van der Waals surface area contributed by atoms with E-state index in [2.05, 4.69) is 22.6 Å². The third kappa shape index (κ3) is 2.93. The molecule has 0 saturated heterocycles. The molecule has 1 aromatic heterocycles. The molecule has 1 heterocycles. The number of nitrogens with zero attached hydrogens (tertiary/aromatic N) is 1. The van der Waals surface area contributed by atoms with Crippen molar-refractivity contribution in [1.82, 2.24) is 10.5 Å². The molecule has 0 saturated carbocycles. The number of nitrogens with one attached hydrogen (secondary N) is 1. The van der Waals surface area contributed by atoms with Crippen LogP contribution in [0.4, 0.5) is 0 Å². The van der Waals surface area contributed by atoms with Gasteiger partial charge in [0.1, 0.15) is 5.76 Å². The number of carbonyl (C=O) groups excluding carboxylic acids is 1. The van der Waals surface area contributed by atoms with Crippen LogP contribution in [0.25, 0.3) is 6.08 Å². The van der Waals surface area contributed by atoms with Gasteiger partial charge in [-0.25, -0.2) is 0 Å². The Bertz CT molecular complexity index is 765. The van der Waals surface area contributed by atoms with Crippen LogP contribution in [0.1, 0.15) is 58.8 Å². The summed E-state index contributed by atoms with van der Waals surface area (Å²) in [5.74, 6) is 0.663. The number of benzene rings is 1. The number of carbonyl (C=O) groups is 1. The molecule has 2 aromatic rings. The van der Waals surface area contributed by atoms with Crippen molar-refractivity contribution in [2.45, 2.75) is 46.1 Å². The molecular weight excluding hydrogens is 288 g/mol. The average Bonchev–Trinajstić information content (AvgIpc) is 2.86. The molecule has 23 heavy (non-hydrogen) atoms. The Balaban J connectivity index is 1.85. The van der Waals surface area contributed by atoms with Crippen LogP contribution in [0.5, 0.6) is 0 Å². The van der Waals surface area contributed by atoms with Crippen molar-refractivity contribution in [2.75, 3.05) is 0 Å². The van der Waals surface area contributed by atoms with E-state index in [1.165, 1.54) is 11.1 Å². The van der Waals surface area contributed by atoms with Gasteiger partial charge in [0.05, 0.1) is 11.2 Å². The van der Waals surface area contributed by atoms with Crippen LogP contribution in [0.15, 0.2) is 28.8 Å². The van der Waals surface area contributed by atoms with Crippen LogP contribution < -0.4 is 5.32 Å². The van der Waals surface area contributed by atoms with Gasteiger partial charge in [0.25, 0.3) is 5.91 Å². The van der Waals surface area contributed by atoms with Gasteiger partial charge in [0.15, 0.2) is 0 Å². The summed E-state index contributed by atoms with van der Waals surface area (Å²) in [6.45, 7) is 7.70. The highest BCUT2D eigenvalue weighted by Crippen LogP contribution is 2.27. The molecule has 0 radical (unpaired) electrons. The van der Waals surface area contributed by atoms with Crippen LogP contribution in [-0.4, -0.2) is 11.1 Å². The molecule has 1 aromatic carbocycles. The van der Waals surface area contributed by atoms with Crippen LogP contribution in [0.2, 0.25) is 0 Å². The zero-order chi connectivity index (χ0) is 16.6. The molecule has 0 bridgehead atoms. The van der Waals surface area contributed by atoms with E-state index in [1.807, 2.05) is 45.9 Å². The first kappa shape index (κ1) is 15.5. The van der Waals surface area contributed by atoms with Crippen LogP contribution in [-0.2, 0) is 12.0 Å². The van der Waals surface area contributed by atoms with Crippen molar-refractivity contribution in [3.8, 4) is 0 Å². The summed E-state index contributed by atoms with van der Waals surface area (Å²) in [6.07, 6.45) is 6.31. The summed E-state index contributed by atoms with van der Waals surface area (Å²) >= 11 is 0. The predicted molar refractivity (Wildman–Crippen MR) is 90.3 cm³/mol. The van der Waals surface area contributed by atoms with Gasteiger partial charge in [-0.15, -0.1) is 0 Å². The second-order valence-corrected chi connectivity index (χ2v) is 6.63. The maximum atomic E-state index is 12.7. The van der Waals surface area contributed by atoms with Crippen LogP contribution >= 0.6 is 0 Å². The van der Waals surface area contributed by atoms with E-state index in [9.17, 15) is 4.79 Å². The van der Waals surface area contributed by atoms with Gasteiger partial charge in [-0.3, -0.25) is 4.79 Å². The minimum Gasteiger partial charge on any atom is -0.361 e. The standard InChI is InChI=1S/C19H22N2O2/c1-12-17(13(2)23-21-12)19(3,4)20-18(22)16-10-9-14-7-5-6-8-15(14)11-16/h5,7,9-11H,6,8H2,1-4H3,(H,20,22). The predicted octanol–water partition coefficient (Wildman–Crippen LogP) is 3.92. The summed E-state index contributed by atoms with van der Waals surface area (Å²) in [5, 5.41) is 7.09. The van der Waals surface area contributed by atoms with Crippen molar-refractivity contribution < 1.29 is 9.32 Å². The third-order valence-electron chi connectivity index (χ3n) is 4.37. The molecular formula is C19H22N2O2. The Labute approximate surface area is 136 Å². The number of aromatic nitrogens is 1. The van der Waals surface area contributed by atoms with Gasteiger partial charge in [0, 0.05) is 11.1 Å². The monoisotopic (exact) mass is 310 g/mol. The summed E-state index contributed by atoms with van der Waals surface area (Å²) < 4.78 is 5.23. The second-order valence-electron chi connectivity index (χ2n) is 6.63.